The molecule has 0 spiro atoms. The third-order valence-electron chi connectivity index (χ3n) is 17.0. The van der Waals surface area contributed by atoms with E-state index >= 15 is 0 Å². The summed E-state index contributed by atoms with van der Waals surface area (Å²) in [6.07, 6.45) is 70.2. The van der Waals surface area contributed by atoms with Crippen molar-refractivity contribution in [3.63, 3.8) is 0 Å². The lowest BCUT2D eigenvalue weighted by Crippen LogP contribution is -2.60. The highest BCUT2D eigenvalue weighted by atomic mass is 16.7. The van der Waals surface area contributed by atoms with Crippen molar-refractivity contribution < 1.29 is 50.0 Å². The van der Waals surface area contributed by atoms with E-state index in [1.54, 1.807) is 0 Å². The molecule has 492 valence electrons. The van der Waals surface area contributed by atoms with E-state index in [2.05, 4.69) is 79.9 Å². The Labute approximate surface area is 516 Å². The molecule has 0 aromatic carbocycles. The molecule has 1 aliphatic rings. The summed E-state index contributed by atoms with van der Waals surface area (Å²) in [5.41, 5.74) is 0. The molecule has 1 rings (SSSR count). The summed E-state index contributed by atoms with van der Waals surface area (Å²) in [6, 6.07) is -1.20. The van der Waals surface area contributed by atoms with Crippen LogP contribution < -0.4 is 5.32 Å². The first-order valence-electron chi connectivity index (χ1n) is 35.7. The molecule has 1 heterocycles. The lowest BCUT2D eigenvalue weighted by Gasteiger charge is -2.40. The number of carbonyl (C=O) groups is 1. The summed E-state index contributed by atoms with van der Waals surface area (Å²) in [7, 11) is 0. The van der Waals surface area contributed by atoms with Gasteiger partial charge in [0.05, 0.1) is 25.4 Å². The van der Waals surface area contributed by atoms with E-state index in [9.17, 15) is 40.5 Å². The van der Waals surface area contributed by atoms with Gasteiger partial charge in [0.1, 0.15) is 36.6 Å². The van der Waals surface area contributed by atoms with Gasteiger partial charge in [-0.05, 0) is 96.3 Å². The number of amides is 1. The van der Waals surface area contributed by atoms with Crippen molar-refractivity contribution in [1.82, 2.24) is 5.32 Å². The monoisotopic (exact) mass is 1190 g/mol. The maximum absolute atomic E-state index is 13.2. The molecular formula is C73H135NO10. The highest BCUT2D eigenvalue weighted by Gasteiger charge is 2.44. The second kappa shape index (κ2) is 61.1. The molecule has 11 heteroatoms. The van der Waals surface area contributed by atoms with Crippen LogP contribution in [-0.2, 0) is 14.3 Å². The van der Waals surface area contributed by atoms with Crippen LogP contribution in [0.25, 0.3) is 0 Å². The van der Waals surface area contributed by atoms with Crippen molar-refractivity contribution in [1.29, 1.82) is 0 Å². The molecule has 0 aliphatic carbocycles. The Bertz CT molecular complexity index is 1550. The predicted molar refractivity (Wildman–Crippen MR) is 353 cm³/mol. The highest BCUT2D eigenvalue weighted by Crippen LogP contribution is 2.24. The molecule has 0 radical (unpaired) electrons. The standard InChI is InChI=1S/C73H135NO10/c1-3-5-7-9-11-13-15-17-19-21-23-25-27-28-29-30-31-32-33-34-35-36-37-39-41-43-45-47-49-51-53-55-57-59-61-66(77)72(82)74-64(63-83-73-71(81)70(80)69(79)67(62-75)84-73)68(78)65(76)60-58-56-54-52-50-48-46-44-42-40-38-26-24-22-20-18-16-14-12-10-8-6-4-2/h26-28,30-31,38,44,46,52,54,64-71,73,75-81H,3-25,29,32-37,39-43,45,47-51,53,55-63H2,1-2H3,(H,74,82)/b28-27-,31-30-,38-26+,46-44+,54-52+. The third kappa shape index (κ3) is 47.8. The van der Waals surface area contributed by atoms with E-state index in [0.29, 0.717) is 19.3 Å². The molecule has 9 atom stereocenters. The van der Waals surface area contributed by atoms with E-state index in [1.807, 2.05) is 0 Å². The number of aliphatic hydroxyl groups is 7. The van der Waals surface area contributed by atoms with Gasteiger partial charge in [-0.3, -0.25) is 4.79 Å². The van der Waals surface area contributed by atoms with Gasteiger partial charge >= 0.3 is 0 Å². The van der Waals surface area contributed by atoms with E-state index < -0.39 is 74.2 Å². The summed E-state index contributed by atoms with van der Waals surface area (Å²) in [6.45, 7) is 3.47. The van der Waals surface area contributed by atoms with Crippen LogP contribution >= 0.6 is 0 Å². The zero-order valence-electron chi connectivity index (χ0n) is 54.4. The minimum atomic E-state index is -1.68. The first-order chi connectivity index (χ1) is 41.2. The largest absolute Gasteiger partial charge is 0.394 e. The van der Waals surface area contributed by atoms with Crippen molar-refractivity contribution in [3.05, 3.63) is 60.8 Å². The molecule has 8 N–H and O–H groups in total. The molecule has 0 aromatic rings. The van der Waals surface area contributed by atoms with Gasteiger partial charge in [0.2, 0.25) is 5.91 Å². The minimum absolute atomic E-state index is 0.240. The van der Waals surface area contributed by atoms with Crippen LogP contribution in [-0.4, -0.2) is 110 Å². The molecular weight excluding hydrogens is 1050 g/mol. The molecule has 1 aliphatic heterocycles. The van der Waals surface area contributed by atoms with Crippen molar-refractivity contribution in [2.75, 3.05) is 13.2 Å². The topological polar surface area (TPSA) is 189 Å². The Morgan fingerprint density at radius 2 is 0.750 bits per heavy atom. The molecule has 1 fully saturated rings. The molecule has 11 nitrogen and oxygen atoms in total. The number of nitrogens with one attached hydrogen (secondary N) is 1. The fraction of sp³-hybridized carbons (Fsp3) is 0.849. The smallest absolute Gasteiger partial charge is 0.249 e. The van der Waals surface area contributed by atoms with Gasteiger partial charge in [-0.25, -0.2) is 0 Å². The van der Waals surface area contributed by atoms with Crippen LogP contribution in [0.15, 0.2) is 60.8 Å². The van der Waals surface area contributed by atoms with E-state index in [0.717, 1.165) is 51.4 Å². The number of aliphatic hydroxyl groups excluding tert-OH is 7. The van der Waals surface area contributed by atoms with Crippen LogP contribution in [0.2, 0.25) is 0 Å². The second-order valence-electron chi connectivity index (χ2n) is 24.9. The van der Waals surface area contributed by atoms with E-state index in [1.165, 1.54) is 231 Å². The number of allylic oxidation sites excluding steroid dienone is 10. The number of rotatable bonds is 62. The van der Waals surface area contributed by atoms with Crippen LogP contribution in [0.1, 0.15) is 328 Å². The van der Waals surface area contributed by atoms with Crippen molar-refractivity contribution >= 4 is 5.91 Å². The average Bonchev–Trinajstić information content (AvgIpc) is 3.66. The van der Waals surface area contributed by atoms with Crippen LogP contribution in [0.4, 0.5) is 0 Å². The maximum Gasteiger partial charge on any atom is 0.249 e. The quantitative estimate of drug-likeness (QED) is 0.0215. The van der Waals surface area contributed by atoms with Gasteiger partial charge < -0.3 is 50.5 Å². The van der Waals surface area contributed by atoms with Gasteiger partial charge in [-0.2, -0.15) is 0 Å². The zero-order chi connectivity index (χ0) is 61.0. The second-order valence-corrected chi connectivity index (χ2v) is 24.9. The lowest BCUT2D eigenvalue weighted by molar-refractivity contribution is -0.303. The normalized spacial score (nSPS) is 19.3. The molecule has 84 heavy (non-hydrogen) atoms. The first kappa shape index (κ1) is 79.8. The molecule has 1 saturated heterocycles. The Balaban J connectivity index is 2.21. The van der Waals surface area contributed by atoms with Crippen molar-refractivity contribution in [2.24, 2.45) is 0 Å². The number of hydrogen-bond donors (Lipinski definition) is 8. The van der Waals surface area contributed by atoms with Crippen molar-refractivity contribution in [3.8, 4) is 0 Å². The fourth-order valence-corrected chi connectivity index (χ4v) is 11.3. The number of hydrogen-bond acceptors (Lipinski definition) is 10. The SMILES string of the molecule is CCCCCCCCCCCC/C=C/CC/C=C/CC/C=C/CCCC(O)C(O)C(COC1OC(CO)C(O)C(O)C1O)NC(=O)C(O)CCCCCCCCCCCCCCCCCC/C=C\C/C=C\CCCCCCCCCCCCC. The molecule has 0 bridgehead atoms. The zero-order valence-corrected chi connectivity index (χ0v) is 54.4. The Morgan fingerprint density at radius 3 is 1.13 bits per heavy atom. The van der Waals surface area contributed by atoms with Gasteiger partial charge in [0, 0.05) is 0 Å². The fourth-order valence-electron chi connectivity index (χ4n) is 11.3. The molecule has 0 saturated carbocycles. The van der Waals surface area contributed by atoms with E-state index in [-0.39, 0.29) is 12.8 Å². The molecule has 0 aromatic heterocycles. The van der Waals surface area contributed by atoms with Crippen LogP contribution in [0.5, 0.6) is 0 Å². The summed E-state index contributed by atoms with van der Waals surface area (Å²) >= 11 is 0. The maximum atomic E-state index is 13.2. The number of carbonyl (C=O) groups excluding carboxylic acids is 1. The Hall–Kier alpha value is -2.19. The minimum Gasteiger partial charge on any atom is -0.394 e. The summed E-state index contributed by atoms with van der Waals surface area (Å²) in [5, 5.41) is 76.4. The van der Waals surface area contributed by atoms with E-state index in [4.69, 9.17) is 9.47 Å². The number of ether oxygens (including phenoxy) is 2. The van der Waals surface area contributed by atoms with Crippen molar-refractivity contribution in [2.45, 2.75) is 384 Å². The average molecular weight is 1190 g/mol. The van der Waals surface area contributed by atoms with Gasteiger partial charge in [0.25, 0.3) is 0 Å². The summed E-state index contributed by atoms with van der Waals surface area (Å²) in [5.74, 6) is -0.710. The van der Waals surface area contributed by atoms with Crippen LogP contribution in [0.3, 0.4) is 0 Å². The summed E-state index contributed by atoms with van der Waals surface area (Å²) < 4.78 is 11.2. The summed E-state index contributed by atoms with van der Waals surface area (Å²) in [4.78, 5) is 13.2. The van der Waals surface area contributed by atoms with Gasteiger partial charge in [-0.15, -0.1) is 0 Å². The first-order valence-corrected chi connectivity index (χ1v) is 35.7. The highest BCUT2D eigenvalue weighted by molar-refractivity contribution is 5.80. The lowest BCUT2D eigenvalue weighted by atomic mass is 9.98. The molecule has 1 amide bonds. The Morgan fingerprint density at radius 1 is 0.417 bits per heavy atom. The van der Waals surface area contributed by atoms with Gasteiger partial charge in [0.15, 0.2) is 6.29 Å². The molecule has 9 unspecified atom stereocenters. The predicted octanol–water partition coefficient (Wildman–Crippen LogP) is 17.3. The Kier molecular flexibility index (Phi) is 58.0. The van der Waals surface area contributed by atoms with Gasteiger partial charge in [-0.1, -0.05) is 293 Å². The number of unbranched alkanes of at least 4 members (excludes halogenated alkanes) is 40. The third-order valence-corrected chi connectivity index (χ3v) is 17.0. The van der Waals surface area contributed by atoms with Crippen LogP contribution in [0, 0.1) is 0 Å².